The van der Waals surface area contributed by atoms with Gasteiger partial charge in [-0.25, -0.2) is 9.68 Å². The van der Waals surface area contributed by atoms with Crippen LogP contribution in [0.2, 0.25) is 0 Å². The molecule has 0 aromatic carbocycles. The van der Waals surface area contributed by atoms with Crippen molar-refractivity contribution in [3.8, 4) is 0 Å². The summed E-state index contributed by atoms with van der Waals surface area (Å²) >= 11 is 0. The minimum Gasteiger partial charge on any atom is -0.266 e. The molecule has 1 aliphatic rings. The zero-order valence-corrected chi connectivity index (χ0v) is 9.93. The van der Waals surface area contributed by atoms with Crippen LogP contribution >= 0.6 is 0 Å². The molecule has 0 radical (unpaired) electrons. The molecule has 0 aromatic rings. The van der Waals surface area contributed by atoms with E-state index in [1.807, 2.05) is 13.8 Å². The van der Waals surface area contributed by atoms with Crippen LogP contribution in [0, 0.1) is 11.8 Å². The fraction of sp³-hybridized carbons (Fsp3) is 1.00. The molecular weight excluding hydrogens is 232 g/mol. The van der Waals surface area contributed by atoms with Crippen molar-refractivity contribution in [2.45, 2.75) is 45.3 Å². The standard InChI is InChI=1S/C9H20N2O6/c1-6(2)7-3-8(16-10(12)13)5-9(4-7)17-11(14)15/h6-9,12-15H,3-5H2,1-2H3/t7-,8+,9-. The molecule has 1 fully saturated rings. The molecule has 1 rings (SSSR count). The van der Waals surface area contributed by atoms with E-state index >= 15 is 0 Å². The maximum absolute atomic E-state index is 8.61. The molecule has 0 spiro atoms. The lowest BCUT2D eigenvalue weighted by Crippen LogP contribution is -2.39. The van der Waals surface area contributed by atoms with Crippen molar-refractivity contribution < 1.29 is 30.5 Å². The van der Waals surface area contributed by atoms with Crippen molar-refractivity contribution in [3.05, 3.63) is 0 Å². The van der Waals surface area contributed by atoms with Gasteiger partial charge in [0, 0.05) is 6.42 Å². The highest BCUT2D eigenvalue weighted by Gasteiger charge is 2.33. The zero-order chi connectivity index (χ0) is 13.0. The van der Waals surface area contributed by atoms with Crippen molar-refractivity contribution in [1.29, 1.82) is 0 Å². The van der Waals surface area contributed by atoms with E-state index in [0.29, 0.717) is 25.2 Å². The highest BCUT2D eigenvalue weighted by Crippen LogP contribution is 2.33. The van der Waals surface area contributed by atoms with Crippen LogP contribution in [-0.4, -0.2) is 43.8 Å². The second-order valence-electron chi connectivity index (χ2n) is 4.67. The third kappa shape index (κ3) is 5.23. The Balaban J connectivity index is 2.55. The molecule has 1 saturated carbocycles. The Morgan fingerprint density at radius 3 is 1.59 bits per heavy atom. The predicted octanol–water partition coefficient (Wildman–Crippen LogP) is 1.20. The van der Waals surface area contributed by atoms with Gasteiger partial charge in [-0.2, -0.15) is 0 Å². The molecule has 0 bridgehead atoms. The first-order valence-corrected chi connectivity index (χ1v) is 5.57. The molecule has 0 heterocycles. The summed E-state index contributed by atoms with van der Waals surface area (Å²) < 4.78 is 0. The fourth-order valence-corrected chi connectivity index (χ4v) is 2.24. The SMILES string of the molecule is CC(C)[C@@H]1C[C@H](ON(O)O)C[C@H](ON(O)O)C1. The molecule has 102 valence electrons. The maximum atomic E-state index is 8.61. The molecule has 8 heteroatoms. The zero-order valence-electron chi connectivity index (χ0n) is 9.93. The summed E-state index contributed by atoms with van der Waals surface area (Å²) in [5, 5.41) is 33.8. The van der Waals surface area contributed by atoms with Gasteiger partial charge < -0.3 is 0 Å². The average molecular weight is 252 g/mol. The number of hydrogen-bond donors (Lipinski definition) is 4. The Bertz CT molecular complexity index is 208. The summed E-state index contributed by atoms with van der Waals surface area (Å²) in [5.74, 6) is 0.614. The van der Waals surface area contributed by atoms with Gasteiger partial charge in [-0.15, -0.1) is 0 Å². The van der Waals surface area contributed by atoms with E-state index in [-0.39, 0.29) is 16.7 Å². The largest absolute Gasteiger partial charge is 0.266 e. The molecule has 17 heavy (non-hydrogen) atoms. The van der Waals surface area contributed by atoms with Gasteiger partial charge in [-0.3, -0.25) is 20.8 Å². The quantitative estimate of drug-likeness (QED) is 0.541. The van der Waals surface area contributed by atoms with Gasteiger partial charge in [0.15, 0.2) is 0 Å². The molecule has 8 nitrogen and oxygen atoms in total. The van der Waals surface area contributed by atoms with Crippen molar-refractivity contribution in [2.24, 2.45) is 11.8 Å². The van der Waals surface area contributed by atoms with E-state index in [0.717, 1.165) is 0 Å². The van der Waals surface area contributed by atoms with Gasteiger partial charge in [0.25, 0.3) is 0 Å². The van der Waals surface area contributed by atoms with Crippen LogP contribution in [0.3, 0.4) is 0 Å². The van der Waals surface area contributed by atoms with E-state index in [9.17, 15) is 0 Å². The number of nitrogens with zero attached hydrogens (tertiary/aromatic N) is 2. The molecular formula is C9H20N2O6. The average Bonchev–Trinajstić information content (AvgIpc) is 2.14. The first-order valence-electron chi connectivity index (χ1n) is 5.57. The molecule has 0 saturated heterocycles. The van der Waals surface area contributed by atoms with Crippen molar-refractivity contribution >= 4 is 0 Å². The van der Waals surface area contributed by atoms with Gasteiger partial charge in [-0.1, -0.05) is 13.8 Å². The van der Waals surface area contributed by atoms with Crippen molar-refractivity contribution in [1.82, 2.24) is 10.8 Å². The van der Waals surface area contributed by atoms with E-state index in [1.54, 1.807) is 0 Å². The minimum atomic E-state index is -0.434. The van der Waals surface area contributed by atoms with E-state index in [1.165, 1.54) is 0 Å². The highest BCUT2D eigenvalue weighted by molar-refractivity contribution is 4.81. The molecule has 4 N–H and O–H groups in total. The molecule has 0 aromatic heterocycles. The third-order valence-corrected chi connectivity index (χ3v) is 3.09. The van der Waals surface area contributed by atoms with Crippen LogP contribution in [0.1, 0.15) is 33.1 Å². The van der Waals surface area contributed by atoms with Gasteiger partial charge in [0.1, 0.15) is 0 Å². The maximum Gasteiger partial charge on any atom is 0.0872 e. The van der Waals surface area contributed by atoms with Gasteiger partial charge in [-0.05, 0) is 24.7 Å². The summed E-state index contributed by atoms with van der Waals surface area (Å²) in [6, 6.07) is 0. The lowest BCUT2D eigenvalue weighted by atomic mass is 9.79. The van der Waals surface area contributed by atoms with Crippen LogP contribution in [0.5, 0.6) is 0 Å². The fourth-order valence-electron chi connectivity index (χ4n) is 2.24. The smallest absolute Gasteiger partial charge is 0.0872 e. The molecule has 3 atom stereocenters. The van der Waals surface area contributed by atoms with Gasteiger partial charge in [0.05, 0.1) is 23.0 Å². The predicted molar refractivity (Wildman–Crippen MR) is 52.7 cm³/mol. The lowest BCUT2D eigenvalue weighted by molar-refractivity contribution is -0.521. The summed E-state index contributed by atoms with van der Waals surface area (Å²) in [5.41, 5.74) is 0. The van der Waals surface area contributed by atoms with Crippen LogP contribution in [-0.2, 0) is 9.68 Å². The Morgan fingerprint density at radius 2 is 1.29 bits per heavy atom. The van der Waals surface area contributed by atoms with Crippen LogP contribution in [0.25, 0.3) is 0 Å². The Hall–Kier alpha value is -0.320. The topological polar surface area (TPSA) is 106 Å². The summed E-state index contributed by atoms with van der Waals surface area (Å²) in [7, 11) is 0. The molecule has 0 aliphatic heterocycles. The van der Waals surface area contributed by atoms with Crippen LogP contribution in [0.4, 0.5) is 0 Å². The first-order chi connectivity index (χ1) is 7.88. The lowest BCUT2D eigenvalue weighted by Gasteiger charge is -2.36. The van der Waals surface area contributed by atoms with Crippen molar-refractivity contribution in [2.75, 3.05) is 0 Å². The second kappa shape index (κ2) is 6.57. The van der Waals surface area contributed by atoms with Crippen LogP contribution < -0.4 is 0 Å². The van der Waals surface area contributed by atoms with Crippen LogP contribution in [0.15, 0.2) is 0 Å². The Morgan fingerprint density at radius 1 is 0.882 bits per heavy atom. The Labute approximate surface area is 99.3 Å². The summed E-state index contributed by atoms with van der Waals surface area (Å²) in [4.78, 5) is 9.53. The number of hydrogen-bond acceptors (Lipinski definition) is 8. The first kappa shape index (κ1) is 14.7. The molecule has 1 aliphatic carbocycles. The van der Waals surface area contributed by atoms with Crippen molar-refractivity contribution in [3.63, 3.8) is 0 Å². The summed E-state index contributed by atoms with van der Waals surface area (Å²) in [6.07, 6.45) is 0.795. The van der Waals surface area contributed by atoms with Gasteiger partial charge in [0.2, 0.25) is 0 Å². The third-order valence-electron chi connectivity index (χ3n) is 3.09. The van der Waals surface area contributed by atoms with Gasteiger partial charge >= 0.3 is 0 Å². The molecule has 0 amide bonds. The van der Waals surface area contributed by atoms with E-state index < -0.39 is 12.2 Å². The monoisotopic (exact) mass is 252 g/mol. The summed E-state index contributed by atoms with van der Waals surface area (Å²) in [6.45, 7) is 4.07. The Kier molecular flexibility index (Phi) is 5.70. The normalized spacial score (nSPS) is 30.5. The minimum absolute atomic E-state index is 0.249. The second-order valence-corrected chi connectivity index (χ2v) is 4.67. The molecule has 0 unspecified atom stereocenters. The number of rotatable bonds is 5. The van der Waals surface area contributed by atoms with E-state index in [2.05, 4.69) is 0 Å². The van der Waals surface area contributed by atoms with E-state index in [4.69, 9.17) is 30.5 Å². The highest BCUT2D eigenvalue weighted by atomic mass is 17.1.